The number of hydrogen-bond donors (Lipinski definition) is 1. The zero-order chi connectivity index (χ0) is 14.5. The average molecular weight is 279 g/mol. The second-order valence-electron chi connectivity index (χ2n) is 4.67. The quantitative estimate of drug-likeness (QED) is 0.842. The van der Waals surface area contributed by atoms with Gasteiger partial charge in [0.2, 0.25) is 0 Å². The molecule has 20 heavy (non-hydrogen) atoms. The van der Waals surface area contributed by atoms with E-state index in [4.69, 9.17) is 0 Å². The molecule has 0 aliphatic carbocycles. The Bertz CT molecular complexity index is 552. The fraction of sp³-hybridized carbons (Fsp3) is 0.250. The van der Waals surface area contributed by atoms with Crippen LogP contribution < -0.4 is 5.32 Å². The molecule has 1 N–H and O–H groups in total. The lowest BCUT2D eigenvalue weighted by atomic mass is 10.1. The van der Waals surface area contributed by atoms with Crippen molar-refractivity contribution in [3.05, 3.63) is 71.0 Å². The summed E-state index contributed by atoms with van der Waals surface area (Å²) < 4.78 is 38.4. The van der Waals surface area contributed by atoms with E-state index in [1.54, 1.807) is 30.3 Å². The predicted molar refractivity (Wildman–Crippen MR) is 73.1 cm³/mol. The second-order valence-corrected chi connectivity index (χ2v) is 4.67. The minimum atomic E-state index is -2.45. The van der Waals surface area contributed by atoms with Gasteiger partial charge in [0.1, 0.15) is 5.82 Å². The molecule has 106 valence electrons. The largest absolute Gasteiger partial charge is 0.306 e. The highest BCUT2D eigenvalue weighted by atomic mass is 19.3. The molecule has 0 fully saturated rings. The van der Waals surface area contributed by atoms with E-state index in [0.29, 0.717) is 12.1 Å². The van der Waals surface area contributed by atoms with E-state index < -0.39 is 6.43 Å². The minimum Gasteiger partial charge on any atom is -0.306 e. The fourth-order valence-corrected chi connectivity index (χ4v) is 1.99. The molecule has 0 saturated heterocycles. The van der Waals surface area contributed by atoms with Crippen molar-refractivity contribution in [1.82, 2.24) is 5.32 Å². The highest BCUT2D eigenvalue weighted by molar-refractivity contribution is 5.24. The number of hydrogen-bond acceptors (Lipinski definition) is 1. The van der Waals surface area contributed by atoms with Crippen molar-refractivity contribution < 1.29 is 13.2 Å². The van der Waals surface area contributed by atoms with E-state index in [1.807, 2.05) is 6.92 Å². The van der Waals surface area contributed by atoms with E-state index in [1.165, 1.54) is 18.2 Å². The van der Waals surface area contributed by atoms with E-state index in [2.05, 4.69) is 5.32 Å². The Hall–Kier alpha value is -1.81. The molecule has 0 aliphatic heterocycles. The van der Waals surface area contributed by atoms with Gasteiger partial charge in [-0.1, -0.05) is 42.5 Å². The molecular weight excluding hydrogens is 263 g/mol. The van der Waals surface area contributed by atoms with E-state index in [9.17, 15) is 13.2 Å². The molecule has 4 heteroatoms. The molecule has 0 spiro atoms. The summed E-state index contributed by atoms with van der Waals surface area (Å²) in [5.74, 6) is -0.249. The molecular formula is C16H16F3N. The molecule has 0 amide bonds. The maximum absolute atomic E-state index is 13.6. The third-order valence-electron chi connectivity index (χ3n) is 3.22. The van der Waals surface area contributed by atoms with Gasteiger partial charge in [-0.2, -0.15) is 0 Å². The molecule has 0 aliphatic rings. The number of alkyl halides is 2. The van der Waals surface area contributed by atoms with E-state index >= 15 is 0 Å². The van der Waals surface area contributed by atoms with Crippen LogP contribution in [0, 0.1) is 5.82 Å². The molecule has 0 aromatic heterocycles. The Kier molecular flexibility index (Phi) is 4.79. The monoisotopic (exact) mass is 279 g/mol. The summed E-state index contributed by atoms with van der Waals surface area (Å²) in [7, 11) is 0. The Morgan fingerprint density at radius 3 is 2.25 bits per heavy atom. The van der Waals surface area contributed by atoms with E-state index in [-0.39, 0.29) is 17.4 Å². The first-order valence-corrected chi connectivity index (χ1v) is 6.42. The van der Waals surface area contributed by atoms with Crippen LogP contribution in [0.4, 0.5) is 13.2 Å². The lowest BCUT2D eigenvalue weighted by molar-refractivity contribution is 0.151. The molecule has 1 atom stereocenters. The van der Waals surface area contributed by atoms with Gasteiger partial charge in [-0.3, -0.25) is 0 Å². The van der Waals surface area contributed by atoms with Gasteiger partial charge in [0, 0.05) is 23.7 Å². The summed E-state index contributed by atoms with van der Waals surface area (Å²) in [6, 6.07) is 12.6. The van der Waals surface area contributed by atoms with Crippen LogP contribution in [0.3, 0.4) is 0 Å². The lowest BCUT2D eigenvalue weighted by Gasteiger charge is -2.15. The van der Waals surface area contributed by atoms with Gasteiger partial charge in [0.05, 0.1) is 0 Å². The van der Waals surface area contributed by atoms with Crippen molar-refractivity contribution in [3.8, 4) is 0 Å². The number of benzene rings is 2. The van der Waals surface area contributed by atoms with Gasteiger partial charge in [-0.25, -0.2) is 13.2 Å². The maximum Gasteiger partial charge on any atom is 0.263 e. The maximum atomic E-state index is 13.6. The Morgan fingerprint density at radius 1 is 1.00 bits per heavy atom. The zero-order valence-corrected chi connectivity index (χ0v) is 11.1. The SMILES string of the molecule is C[C@@H](NCc1ccc(C(F)F)cc1)c1ccccc1F. The van der Waals surface area contributed by atoms with Crippen molar-refractivity contribution in [2.24, 2.45) is 0 Å². The lowest BCUT2D eigenvalue weighted by Crippen LogP contribution is -2.19. The van der Waals surface area contributed by atoms with Crippen LogP contribution in [0.5, 0.6) is 0 Å². The van der Waals surface area contributed by atoms with Crippen LogP contribution >= 0.6 is 0 Å². The Labute approximate surface area is 116 Å². The van der Waals surface area contributed by atoms with Gasteiger partial charge in [0.15, 0.2) is 0 Å². The molecule has 0 unspecified atom stereocenters. The Morgan fingerprint density at radius 2 is 1.65 bits per heavy atom. The van der Waals surface area contributed by atoms with Crippen LogP contribution in [-0.4, -0.2) is 0 Å². The number of rotatable bonds is 5. The van der Waals surface area contributed by atoms with Gasteiger partial charge < -0.3 is 5.32 Å². The molecule has 2 aromatic carbocycles. The van der Waals surface area contributed by atoms with Crippen LogP contribution in [0.15, 0.2) is 48.5 Å². The van der Waals surface area contributed by atoms with Gasteiger partial charge in [-0.05, 0) is 18.6 Å². The fourth-order valence-electron chi connectivity index (χ4n) is 1.99. The van der Waals surface area contributed by atoms with Crippen LogP contribution in [-0.2, 0) is 6.54 Å². The molecule has 0 bridgehead atoms. The summed E-state index contributed by atoms with van der Waals surface area (Å²) in [5.41, 5.74) is 1.49. The van der Waals surface area contributed by atoms with E-state index in [0.717, 1.165) is 5.56 Å². The van der Waals surface area contributed by atoms with Crippen molar-refractivity contribution in [2.75, 3.05) is 0 Å². The van der Waals surface area contributed by atoms with Crippen LogP contribution in [0.1, 0.15) is 36.1 Å². The molecule has 2 rings (SSSR count). The van der Waals surface area contributed by atoms with Crippen molar-refractivity contribution in [1.29, 1.82) is 0 Å². The topological polar surface area (TPSA) is 12.0 Å². The first-order valence-electron chi connectivity index (χ1n) is 6.42. The highest BCUT2D eigenvalue weighted by Crippen LogP contribution is 2.20. The number of nitrogens with one attached hydrogen (secondary N) is 1. The smallest absolute Gasteiger partial charge is 0.263 e. The van der Waals surface area contributed by atoms with Gasteiger partial charge >= 0.3 is 0 Å². The summed E-state index contributed by atoms with van der Waals surface area (Å²) in [6.45, 7) is 2.37. The first kappa shape index (κ1) is 14.6. The summed E-state index contributed by atoms with van der Waals surface area (Å²) in [5, 5.41) is 3.18. The average Bonchev–Trinajstić information content (AvgIpc) is 2.45. The number of halogens is 3. The third kappa shape index (κ3) is 3.61. The molecule has 1 nitrogen and oxygen atoms in total. The Balaban J connectivity index is 1.96. The normalized spacial score (nSPS) is 12.7. The van der Waals surface area contributed by atoms with Crippen molar-refractivity contribution in [3.63, 3.8) is 0 Å². The summed E-state index contributed by atoms with van der Waals surface area (Å²) in [4.78, 5) is 0. The van der Waals surface area contributed by atoms with Crippen molar-refractivity contribution in [2.45, 2.75) is 25.9 Å². The standard InChI is InChI=1S/C16H16F3N/c1-11(14-4-2-3-5-15(14)17)20-10-12-6-8-13(9-7-12)16(18)19/h2-9,11,16,20H,10H2,1H3/t11-/m1/s1. The van der Waals surface area contributed by atoms with Crippen molar-refractivity contribution >= 4 is 0 Å². The first-order chi connectivity index (χ1) is 9.58. The second kappa shape index (κ2) is 6.57. The minimum absolute atomic E-state index is 0.0101. The van der Waals surface area contributed by atoms with Crippen LogP contribution in [0.25, 0.3) is 0 Å². The predicted octanol–water partition coefficient (Wildman–Crippen LogP) is 4.61. The molecule has 0 saturated carbocycles. The van der Waals surface area contributed by atoms with Gasteiger partial charge in [0.25, 0.3) is 6.43 Å². The summed E-state index contributed by atoms with van der Waals surface area (Å²) >= 11 is 0. The van der Waals surface area contributed by atoms with Crippen LogP contribution in [0.2, 0.25) is 0 Å². The zero-order valence-electron chi connectivity index (χ0n) is 11.1. The third-order valence-corrected chi connectivity index (χ3v) is 3.22. The van der Waals surface area contributed by atoms with Gasteiger partial charge in [-0.15, -0.1) is 0 Å². The molecule has 0 heterocycles. The molecule has 2 aromatic rings. The highest BCUT2D eigenvalue weighted by Gasteiger charge is 2.10. The summed E-state index contributed by atoms with van der Waals surface area (Å²) in [6.07, 6.45) is -2.45. The molecule has 0 radical (unpaired) electrons.